The Morgan fingerprint density at radius 1 is 1.23 bits per heavy atom. The molecule has 0 bridgehead atoms. The summed E-state index contributed by atoms with van der Waals surface area (Å²) in [6.07, 6.45) is 3.77. The Bertz CT molecular complexity index is 1010. The second-order valence-electron chi connectivity index (χ2n) is 9.70. The number of carbonyl (C=O) groups excluding carboxylic acids is 1. The van der Waals surface area contributed by atoms with E-state index in [1.165, 1.54) is 0 Å². The first-order chi connectivity index (χ1) is 17.0. The van der Waals surface area contributed by atoms with E-state index in [2.05, 4.69) is 34.3 Å². The average molecular weight is 514 g/mol. The zero-order chi connectivity index (χ0) is 24.8. The van der Waals surface area contributed by atoms with Gasteiger partial charge >= 0.3 is 0 Å². The van der Waals surface area contributed by atoms with Crippen molar-refractivity contribution in [3.05, 3.63) is 29.6 Å². The molecule has 1 aliphatic heterocycles. The van der Waals surface area contributed by atoms with Crippen molar-refractivity contribution < 1.29 is 9.35 Å². The molecule has 2 aromatic rings. The Labute approximate surface area is 215 Å². The van der Waals surface area contributed by atoms with E-state index < -0.39 is 11.2 Å². The van der Waals surface area contributed by atoms with Gasteiger partial charge in [0.1, 0.15) is 12.3 Å². The van der Waals surface area contributed by atoms with Crippen molar-refractivity contribution in [1.82, 2.24) is 15.2 Å². The average Bonchev–Trinajstić information content (AvgIpc) is 3.38. The lowest BCUT2D eigenvalue weighted by Crippen LogP contribution is -2.48. The molecule has 4 rings (SSSR count). The van der Waals surface area contributed by atoms with E-state index in [0.717, 1.165) is 73.1 Å². The van der Waals surface area contributed by atoms with Gasteiger partial charge in [-0.1, -0.05) is 12.8 Å². The number of nitrogens with zero attached hydrogens (tertiary/aromatic N) is 4. The fourth-order valence-corrected chi connectivity index (χ4v) is 7.36. The van der Waals surface area contributed by atoms with Crippen LogP contribution in [0.3, 0.4) is 0 Å². The van der Waals surface area contributed by atoms with Crippen LogP contribution in [-0.2, 0) is 16.0 Å². The van der Waals surface area contributed by atoms with Crippen LogP contribution in [0, 0.1) is 23.2 Å². The Balaban J connectivity index is 1.36. The highest BCUT2D eigenvalue weighted by molar-refractivity contribution is 7.91. The summed E-state index contributed by atoms with van der Waals surface area (Å²) in [7, 11) is 0. The molecule has 3 atom stereocenters. The number of piperazine rings is 1. The molecule has 1 saturated carbocycles. The number of amides is 1. The quantitative estimate of drug-likeness (QED) is 0.425. The van der Waals surface area contributed by atoms with Crippen LogP contribution in [0.25, 0.3) is 11.3 Å². The standard InChI is InChI=1S/C26H35N5O2S2/c1-19(2)30-13-15-31(16-14-30)26-29-24(17-34-26)20-7-9-22(10-8-20)35(33)18-21-5-3-4-6-23(21)25(32)28-12-11-27/h7-10,17,19,21,23H,3-6,12-16,18H2,1-2H3,(H,28,32). The maximum absolute atomic E-state index is 13.1. The maximum atomic E-state index is 13.1. The third-order valence-corrected chi connectivity index (χ3v) is 9.60. The Morgan fingerprint density at radius 3 is 2.63 bits per heavy atom. The number of thiazole rings is 1. The minimum absolute atomic E-state index is 0.0269. The van der Waals surface area contributed by atoms with Crippen LogP contribution in [0.2, 0.25) is 0 Å². The number of nitriles is 1. The Hall–Kier alpha value is -2.12. The van der Waals surface area contributed by atoms with Crippen LogP contribution in [-0.4, -0.2) is 64.9 Å². The minimum Gasteiger partial charge on any atom is -0.611 e. The summed E-state index contributed by atoms with van der Waals surface area (Å²) in [5.41, 5.74) is 1.98. The normalized spacial score (nSPS) is 22.1. The molecule has 0 spiro atoms. The largest absolute Gasteiger partial charge is 0.611 e. The number of rotatable bonds is 8. The van der Waals surface area contributed by atoms with Crippen molar-refractivity contribution in [3.63, 3.8) is 0 Å². The highest BCUT2D eigenvalue weighted by Gasteiger charge is 2.34. The van der Waals surface area contributed by atoms with Crippen LogP contribution < -0.4 is 10.2 Å². The summed E-state index contributed by atoms with van der Waals surface area (Å²) in [6.45, 7) is 8.65. The lowest BCUT2D eigenvalue weighted by atomic mass is 9.80. The molecule has 0 radical (unpaired) electrons. The van der Waals surface area contributed by atoms with Crippen molar-refractivity contribution in [1.29, 1.82) is 5.26 Å². The summed E-state index contributed by atoms with van der Waals surface area (Å²) in [4.78, 5) is 23.0. The number of carbonyl (C=O) groups is 1. The lowest BCUT2D eigenvalue weighted by molar-refractivity contribution is -0.127. The highest BCUT2D eigenvalue weighted by atomic mass is 32.2. The second-order valence-corrected chi connectivity index (χ2v) is 12.0. The van der Waals surface area contributed by atoms with Gasteiger partial charge in [0.15, 0.2) is 10.0 Å². The van der Waals surface area contributed by atoms with Crippen LogP contribution in [0.4, 0.5) is 5.13 Å². The zero-order valence-electron chi connectivity index (χ0n) is 20.6. The number of anilines is 1. The summed E-state index contributed by atoms with van der Waals surface area (Å²) >= 11 is 0.511. The molecule has 188 valence electrons. The molecule has 1 N–H and O–H groups in total. The highest BCUT2D eigenvalue weighted by Crippen LogP contribution is 2.33. The molecule has 2 heterocycles. The monoisotopic (exact) mass is 513 g/mol. The van der Waals surface area contributed by atoms with Gasteiger partial charge in [0, 0.05) is 55.0 Å². The third-order valence-electron chi connectivity index (χ3n) is 7.17. The number of benzene rings is 1. The topological polar surface area (TPSA) is 95.3 Å². The summed E-state index contributed by atoms with van der Waals surface area (Å²) in [5.74, 6) is 0.331. The van der Waals surface area contributed by atoms with Crippen molar-refractivity contribution in [2.75, 3.05) is 43.4 Å². The molecular weight excluding hydrogens is 478 g/mol. The van der Waals surface area contributed by atoms with Gasteiger partial charge in [-0.05, 0) is 62.1 Å². The molecule has 1 aromatic heterocycles. The van der Waals surface area contributed by atoms with Crippen LogP contribution in [0.15, 0.2) is 34.5 Å². The van der Waals surface area contributed by atoms with Gasteiger partial charge in [-0.15, -0.1) is 11.3 Å². The number of hydrogen-bond donors (Lipinski definition) is 1. The van der Waals surface area contributed by atoms with Gasteiger partial charge in [-0.2, -0.15) is 5.26 Å². The molecule has 35 heavy (non-hydrogen) atoms. The molecule has 1 aromatic carbocycles. The summed E-state index contributed by atoms with van der Waals surface area (Å²) in [5, 5.41) is 14.6. The Morgan fingerprint density at radius 2 is 1.94 bits per heavy atom. The second kappa shape index (κ2) is 12.2. The zero-order valence-corrected chi connectivity index (χ0v) is 22.2. The first-order valence-electron chi connectivity index (χ1n) is 12.5. The third kappa shape index (κ3) is 6.56. The van der Waals surface area contributed by atoms with E-state index in [4.69, 9.17) is 10.2 Å². The van der Waals surface area contributed by atoms with E-state index in [0.29, 0.717) is 11.8 Å². The van der Waals surface area contributed by atoms with E-state index in [1.807, 2.05) is 30.3 Å². The van der Waals surface area contributed by atoms with Crippen molar-refractivity contribution in [3.8, 4) is 17.3 Å². The molecule has 1 saturated heterocycles. The fraction of sp³-hybridized carbons (Fsp3) is 0.577. The number of aromatic nitrogens is 1. The van der Waals surface area contributed by atoms with Gasteiger partial charge in [-0.3, -0.25) is 9.69 Å². The van der Waals surface area contributed by atoms with Gasteiger partial charge in [-0.25, -0.2) is 4.98 Å². The van der Waals surface area contributed by atoms with E-state index in [-0.39, 0.29) is 24.3 Å². The number of nitrogens with one attached hydrogen (secondary N) is 1. The molecular formula is C26H35N5O2S2. The van der Waals surface area contributed by atoms with Crippen molar-refractivity contribution in [2.45, 2.75) is 50.5 Å². The SMILES string of the molecule is CC(C)N1CCN(c2nc(-c3ccc([S+]([O-])CC4CCCCC4C(=O)NCC#N)cc3)cs2)CC1. The van der Waals surface area contributed by atoms with Crippen molar-refractivity contribution in [2.24, 2.45) is 11.8 Å². The van der Waals surface area contributed by atoms with Gasteiger partial charge in [0.25, 0.3) is 0 Å². The van der Waals surface area contributed by atoms with Gasteiger partial charge in [0.2, 0.25) is 5.91 Å². The van der Waals surface area contributed by atoms with Crippen LogP contribution >= 0.6 is 11.3 Å². The van der Waals surface area contributed by atoms with Crippen LogP contribution in [0.1, 0.15) is 39.5 Å². The lowest BCUT2D eigenvalue weighted by Gasteiger charge is -2.36. The predicted molar refractivity (Wildman–Crippen MR) is 142 cm³/mol. The molecule has 1 amide bonds. The Kier molecular flexibility index (Phi) is 9.06. The fourth-order valence-electron chi connectivity index (χ4n) is 5.05. The van der Waals surface area contributed by atoms with Crippen LogP contribution in [0.5, 0.6) is 0 Å². The maximum Gasteiger partial charge on any atom is 0.224 e. The predicted octanol–water partition coefficient (Wildman–Crippen LogP) is 3.89. The van der Waals surface area contributed by atoms with E-state index in [1.54, 1.807) is 11.3 Å². The van der Waals surface area contributed by atoms with Crippen molar-refractivity contribution >= 4 is 33.6 Å². The van der Waals surface area contributed by atoms with Gasteiger partial charge < -0.3 is 14.8 Å². The first-order valence-corrected chi connectivity index (χ1v) is 14.7. The summed E-state index contributed by atoms with van der Waals surface area (Å²) < 4.78 is 13.1. The molecule has 1 aliphatic carbocycles. The smallest absolute Gasteiger partial charge is 0.224 e. The minimum atomic E-state index is -1.17. The molecule has 9 heteroatoms. The first kappa shape index (κ1) is 26.0. The van der Waals surface area contributed by atoms with Gasteiger partial charge in [0.05, 0.1) is 11.8 Å². The summed E-state index contributed by atoms with van der Waals surface area (Å²) in [6, 6.07) is 10.4. The molecule has 7 nitrogen and oxygen atoms in total. The van der Waals surface area contributed by atoms with E-state index in [9.17, 15) is 9.35 Å². The molecule has 2 fully saturated rings. The van der Waals surface area contributed by atoms with E-state index >= 15 is 0 Å². The molecule has 3 unspecified atom stereocenters. The molecule has 2 aliphatic rings. The number of hydrogen-bond acceptors (Lipinski definition) is 7.